The van der Waals surface area contributed by atoms with Crippen LogP contribution >= 0.6 is 0 Å². The Kier molecular flexibility index (Phi) is 6.37. The number of carboxylic acids is 2. The summed E-state index contributed by atoms with van der Waals surface area (Å²) in [6.45, 7) is 6.06. The van der Waals surface area contributed by atoms with Gasteiger partial charge in [-0.05, 0) is 54.0 Å². The minimum atomic E-state index is -1.29. The predicted molar refractivity (Wildman–Crippen MR) is 92.0 cm³/mol. The van der Waals surface area contributed by atoms with Crippen LogP contribution in [0.15, 0.2) is 12.1 Å². The molecule has 6 nitrogen and oxygen atoms in total. The van der Waals surface area contributed by atoms with Crippen LogP contribution < -0.4 is 39.4 Å². The summed E-state index contributed by atoms with van der Waals surface area (Å²) in [5, 5.41) is 31.0. The standard InChI is InChI=1S/C20H26O6.Na/c1-11-4-6-15(21)19(2,3)20(11)10-14-9-13(18(24)25)8-12(17(14)26-20)5-7-16(22)23;/h8-9,11,15,21H,4-7,10H2,1-3H3,(H,22,23)(H,24,25);/q;+1/p-1/t11-,15+,20+;/m1./s1. The first kappa shape index (κ1) is 22.2. The van der Waals surface area contributed by atoms with Crippen LogP contribution in [0, 0.1) is 11.3 Å². The summed E-state index contributed by atoms with van der Waals surface area (Å²) >= 11 is 0. The van der Waals surface area contributed by atoms with E-state index in [1.54, 1.807) is 6.07 Å². The van der Waals surface area contributed by atoms with Gasteiger partial charge in [-0.3, -0.25) is 4.79 Å². The molecule has 142 valence electrons. The monoisotopic (exact) mass is 384 g/mol. The summed E-state index contributed by atoms with van der Waals surface area (Å²) in [5.41, 5.74) is 0.196. The maximum Gasteiger partial charge on any atom is 1.00 e. The van der Waals surface area contributed by atoms with Crippen LogP contribution in [0.2, 0.25) is 0 Å². The Morgan fingerprint density at radius 3 is 2.56 bits per heavy atom. The molecule has 3 atom stereocenters. The van der Waals surface area contributed by atoms with Crippen molar-refractivity contribution in [2.75, 3.05) is 0 Å². The van der Waals surface area contributed by atoms with Gasteiger partial charge in [-0.25, -0.2) is 0 Å². The van der Waals surface area contributed by atoms with Crippen molar-refractivity contribution in [1.82, 2.24) is 0 Å². The third-order valence-electron chi connectivity index (χ3n) is 6.42. The number of carboxylic acid groups (broad SMARTS) is 2. The molecule has 0 unspecified atom stereocenters. The maximum atomic E-state index is 11.4. The molecule has 2 aliphatic rings. The van der Waals surface area contributed by atoms with Crippen LogP contribution in [0.1, 0.15) is 61.5 Å². The van der Waals surface area contributed by atoms with Crippen molar-refractivity contribution < 1.29 is 59.2 Å². The molecule has 0 bridgehead atoms. The van der Waals surface area contributed by atoms with Gasteiger partial charge >= 0.3 is 35.5 Å². The number of carbonyl (C=O) groups excluding carboxylic acids is 1. The number of aliphatic hydroxyl groups excluding tert-OH is 1. The van der Waals surface area contributed by atoms with Crippen LogP contribution in [0.4, 0.5) is 0 Å². The molecular formula is C20H25NaO6. The number of rotatable bonds is 4. The summed E-state index contributed by atoms with van der Waals surface area (Å²) in [6, 6.07) is 3.01. The fourth-order valence-electron chi connectivity index (χ4n) is 4.62. The Balaban J connectivity index is 0.00000261. The number of hydrogen-bond acceptors (Lipinski definition) is 5. The van der Waals surface area contributed by atoms with Crippen molar-refractivity contribution in [3.05, 3.63) is 28.8 Å². The molecule has 7 heteroatoms. The van der Waals surface area contributed by atoms with Gasteiger partial charge in [0.15, 0.2) is 0 Å². The summed E-state index contributed by atoms with van der Waals surface area (Å²) < 4.78 is 6.47. The van der Waals surface area contributed by atoms with Crippen molar-refractivity contribution in [2.24, 2.45) is 11.3 Å². The fraction of sp³-hybridized carbons (Fsp3) is 0.600. The molecule has 3 rings (SSSR count). The minimum Gasteiger partial charge on any atom is -0.545 e. The largest absolute Gasteiger partial charge is 1.00 e. The predicted octanol–water partition coefficient (Wildman–Crippen LogP) is -1.44. The fourth-order valence-corrected chi connectivity index (χ4v) is 4.62. The van der Waals surface area contributed by atoms with Gasteiger partial charge in [0.25, 0.3) is 0 Å². The van der Waals surface area contributed by atoms with Gasteiger partial charge in [0.05, 0.1) is 12.1 Å². The SMILES string of the molecule is C[C@@H]1CC[C@H](O)C(C)(C)[C@]12Cc1cc(C(=O)[O-])cc(CCC(=O)O)c1O2.[Na+]. The molecule has 1 saturated carbocycles. The van der Waals surface area contributed by atoms with Crippen LogP contribution in [0.25, 0.3) is 0 Å². The number of aryl methyl sites for hydroxylation is 1. The number of benzene rings is 1. The Hall–Kier alpha value is -1.08. The molecule has 1 heterocycles. The van der Waals surface area contributed by atoms with E-state index in [0.29, 0.717) is 24.2 Å². The van der Waals surface area contributed by atoms with Gasteiger partial charge in [-0.15, -0.1) is 0 Å². The molecule has 1 aliphatic carbocycles. The first-order chi connectivity index (χ1) is 12.1. The summed E-state index contributed by atoms with van der Waals surface area (Å²) in [5.74, 6) is -1.49. The van der Waals surface area contributed by atoms with Crippen LogP contribution in [-0.2, 0) is 17.6 Å². The van der Waals surface area contributed by atoms with E-state index in [9.17, 15) is 19.8 Å². The molecule has 27 heavy (non-hydrogen) atoms. The second-order valence-electron chi connectivity index (χ2n) is 8.19. The molecule has 1 fully saturated rings. The van der Waals surface area contributed by atoms with E-state index in [1.165, 1.54) is 6.07 Å². The molecule has 1 aliphatic heterocycles. The summed E-state index contributed by atoms with van der Waals surface area (Å²) in [7, 11) is 0. The maximum absolute atomic E-state index is 11.4. The molecule has 1 aromatic carbocycles. The number of hydrogen-bond donors (Lipinski definition) is 2. The molecule has 0 aromatic heterocycles. The molecule has 0 radical (unpaired) electrons. The van der Waals surface area contributed by atoms with Crippen molar-refractivity contribution in [3.8, 4) is 5.75 Å². The van der Waals surface area contributed by atoms with Gasteiger partial charge < -0.3 is 24.9 Å². The Bertz CT molecular complexity index is 759. The first-order valence-electron chi connectivity index (χ1n) is 9.04. The summed E-state index contributed by atoms with van der Waals surface area (Å²) in [6.07, 6.45) is 1.57. The van der Waals surface area contributed by atoms with Crippen molar-refractivity contribution in [2.45, 2.75) is 64.6 Å². The molecule has 1 spiro atoms. The van der Waals surface area contributed by atoms with Gasteiger partial charge in [0.1, 0.15) is 11.4 Å². The van der Waals surface area contributed by atoms with Crippen molar-refractivity contribution in [1.29, 1.82) is 0 Å². The van der Waals surface area contributed by atoms with E-state index in [4.69, 9.17) is 9.84 Å². The number of carbonyl (C=O) groups is 2. The number of fused-ring (bicyclic) bond motifs is 1. The van der Waals surface area contributed by atoms with E-state index in [0.717, 1.165) is 12.0 Å². The van der Waals surface area contributed by atoms with E-state index in [2.05, 4.69) is 6.92 Å². The molecule has 1 aromatic rings. The van der Waals surface area contributed by atoms with Crippen molar-refractivity contribution >= 4 is 11.9 Å². The zero-order valence-electron chi connectivity index (χ0n) is 16.4. The van der Waals surface area contributed by atoms with E-state index >= 15 is 0 Å². The van der Waals surface area contributed by atoms with Crippen LogP contribution in [0.5, 0.6) is 5.75 Å². The molecular weight excluding hydrogens is 359 g/mol. The zero-order chi connectivity index (χ0) is 19.3. The third kappa shape index (κ3) is 3.65. The van der Waals surface area contributed by atoms with E-state index < -0.39 is 29.1 Å². The average molecular weight is 384 g/mol. The Morgan fingerprint density at radius 2 is 1.96 bits per heavy atom. The van der Waals surface area contributed by atoms with Gasteiger partial charge in [0.2, 0.25) is 0 Å². The summed E-state index contributed by atoms with van der Waals surface area (Å²) in [4.78, 5) is 22.4. The average Bonchev–Trinajstić information content (AvgIpc) is 2.96. The van der Waals surface area contributed by atoms with Gasteiger partial charge in [-0.2, -0.15) is 0 Å². The molecule has 0 amide bonds. The van der Waals surface area contributed by atoms with Gasteiger partial charge in [0, 0.05) is 18.3 Å². The second-order valence-corrected chi connectivity index (χ2v) is 8.19. The topological polar surface area (TPSA) is 107 Å². The minimum absolute atomic E-state index is 0. The Labute approximate surface area is 181 Å². The van der Waals surface area contributed by atoms with E-state index in [-0.39, 0.29) is 53.9 Å². The quantitative estimate of drug-likeness (QED) is 0.616. The number of aliphatic carboxylic acids is 1. The number of ether oxygens (including phenoxy) is 1. The molecule has 0 saturated heterocycles. The molecule has 2 N–H and O–H groups in total. The van der Waals surface area contributed by atoms with Crippen molar-refractivity contribution in [3.63, 3.8) is 0 Å². The first-order valence-corrected chi connectivity index (χ1v) is 9.04. The number of aliphatic hydroxyl groups is 1. The van der Waals surface area contributed by atoms with Gasteiger partial charge in [-0.1, -0.05) is 20.8 Å². The van der Waals surface area contributed by atoms with Crippen LogP contribution in [0.3, 0.4) is 0 Å². The van der Waals surface area contributed by atoms with Crippen LogP contribution in [-0.4, -0.2) is 33.9 Å². The zero-order valence-corrected chi connectivity index (χ0v) is 18.4. The van der Waals surface area contributed by atoms with E-state index in [1.807, 2.05) is 13.8 Å². The second kappa shape index (κ2) is 7.74. The third-order valence-corrected chi connectivity index (χ3v) is 6.42. The normalized spacial score (nSPS) is 28.1. The smallest absolute Gasteiger partial charge is 0.545 e. The Morgan fingerprint density at radius 1 is 1.30 bits per heavy atom. The number of aromatic carboxylic acids is 1.